The minimum atomic E-state index is -4.43. The number of ether oxygens (including phenoxy) is 4. The van der Waals surface area contributed by atoms with Crippen molar-refractivity contribution < 1.29 is 114 Å². The average Bonchev–Trinajstić information content (AvgIpc) is 1.61. The molecule has 0 saturated heterocycles. The van der Waals surface area contributed by atoms with Crippen molar-refractivity contribution in [1.29, 1.82) is 0 Å². The van der Waals surface area contributed by atoms with Crippen LogP contribution in [0.5, 0.6) is 17.2 Å². The summed E-state index contributed by atoms with van der Waals surface area (Å²) in [6, 6.07) is 63.4. The van der Waals surface area contributed by atoms with Crippen LogP contribution >= 0.6 is 27.5 Å². The summed E-state index contributed by atoms with van der Waals surface area (Å²) in [5, 5.41) is 16.1. The predicted octanol–water partition coefficient (Wildman–Crippen LogP) is 24.2. The standard InChI is InChI=1S/C27H20BrF3N2O3.C27H26ClF3N2O3.C27H20F4N2O3.C27H21F3N2O3/c28-23-14-20(27(29,30)31)5-4-18(23)15-33-13-10-17-2-1-3-22(24(17)33)25(35)32-26(11-12-26)19-6-8-21(9-7-19)36-16-34;2*28-21-13-18-9-12-33(15-17-1-3-20(4-2-17)27(29,30)31)24(18)23(14-21)25(35)32-26(10-11-26)19-5-7-22(8-6-19)36-16-34;28-27(29,30)21-6-4-18(5-7-21)16-32-15-12-19-2-1-3-23(24(19)32)25(34)31-26(13-14-26)20-8-10-22(11-9-20)35-17-33/h1-10,13-14,16H,11-12,15H2,(H,32,35);1-4,9,12-14,16,19,22H,5-8,10-11,15H2,(H,32,35);1-9,12-14,16H,10-11,15H2,(H,32,35);1-12,15,17H,13-14,16H2,(H,31,34). The van der Waals surface area contributed by atoms with Crippen LogP contribution in [-0.2, 0) is 91.4 Å². The van der Waals surface area contributed by atoms with Gasteiger partial charge in [-0.2, -0.15) is 52.7 Å². The van der Waals surface area contributed by atoms with E-state index in [2.05, 4.69) is 37.2 Å². The van der Waals surface area contributed by atoms with Crippen LogP contribution in [-0.4, -0.2) is 79.4 Å². The predicted molar refractivity (Wildman–Crippen MR) is 509 cm³/mol. The molecular formula is C108H87BrClF13N8O12. The molecular weight excluding hydrogens is 1960 g/mol. The molecule has 0 atom stereocenters. The first kappa shape index (κ1) is 99.8. The molecule has 736 valence electrons. The molecule has 5 saturated carbocycles. The maximum absolute atomic E-state index is 14.4. The number of amides is 4. The fourth-order valence-electron chi connectivity index (χ4n) is 18.7. The van der Waals surface area contributed by atoms with Gasteiger partial charge in [0, 0.05) is 87.5 Å². The zero-order valence-corrected chi connectivity index (χ0v) is 78.0. The lowest BCUT2D eigenvalue weighted by Crippen LogP contribution is -2.44. The van der Waals surface area contributed by atoms with Gasteiger partial charge in [-0.1, -0.05) is 131 Å². The van der Waals surface area contributed by atoms with Gasteiger partial charge in [-0.05, 0) is 268 Å². The van der Waals surface area contributed by atoms with Gasteiger partial charge >= 0.3 is 24.7 Å². The lowest BCUT2D eigenvalue weighted by atomic mass is 9.80. The van der Waals surface area contributed by atoms with Gasteiger partial charge in [-0.25, -0.2) is 4.39 Å². The average molecular weight is 2050 g/mol. The normalized spacial score (nSPS) is 16.2. The van der Waals surface area contributed by atoms with Crippen LogP contribution in [0.4, 0.5) is 57.1 Å². The van der Waals surface area contributed by atoms with Gasteiger partial charge in [0.2, 0.25) is 0 Å². The first-order valence-corrected chi connectivity index (χ1v) is 46.6. The summed E-state index contributed by atoms with van der Waals surface area (Å²) >= 11 is 9.61. The zero-order valence-electron chi connectivity index (χ0n) is 75.6. The van der Waals surface area contributed by atoms with Gasteiger partial charge in [0.1, 0.15) is 29.2 Å². The van der Waals surface area contributed by atoms with Crippen LogP contribution in [0.3, 0.4) is 0 Å². The van der Waals surface area contributed by atoms with E-state index in [-0.39, 0.29) is 48.0 Å². The van der Waals surface area contributed by atoms with Crippen molar-refractivity contribution in [3.63, 3.8) is 0 Å². The summed E-state index contributed by atoms with van der Waals surface area (Å²) in [5.41, 5.74) is 4.77. The number of halogens is 15. The molecule has 11 aromatic carbocycles. The summed E-state index contributed by atoms with van der Waals surface area (Å²) in [5.74, 6) is -0.155. The summed E-state index contributed by atoms with van der Waals surface area (Å²) < 4.78 is 197. The smallest absolute Gasteiger partial charge is 0.416 e. The second kappa shape index (κ2) is 40.7. The van der Waals surface area contributed by atoms with Gasteiger partial charge in [0.15, 0.2) is 0 Å². The lowest BCUT2D eigenvalue weighted by Gasteiger charge is -2.34. The molecule has 0 unspecified atom stereocenters. The third kappa shape index (κ3) is 22.7. The maximum Gasteiger partial charge on any atom is 0.416 e. The molecule has 4 heterocycles. The van der Waals surface area contributed by atoms with Gasteiger partial charge < -0.3 is 58.5 Å². The minimum Gasteiger partial charge on any atom is -0.465 e. The quantitative estimate of drug-likeness (QED) is 0.0264. The minimum absolute atomic E-state index is 0.0497. The SMILES string of the molecule is O=COC1CCC(C2(NC(=O)c3cc(Cl)cc4ccn(Cc5ccc(C(F)(F)F)cc5)c34)CC2)CC1.O=COc1ccc(C2(NC(=O)c3cc(F)cc4ccn(Cc5ccc(C(F)(F)F)cc5)c34)CC2)cc1.O=COc1ccc(C2(NC(=O)c3cccc4ccn(Cc5ccc(C(F)(F)F)cc5)c34)CC2)cc1.O=COc1ccc(C2(NC(=O)c3cccc4ccn(Cc5ccc(C(F)(F)F)cc5Br)c34)CC2)cc1. The molecule has 20 rings (SSSR count). The molecule has 0 aliphatic heterocycles. The molecule has 5 fully saturated rings. The van der Waals surface area contributed by atoms with Gasteiger partial charge in [0.25, 0.3) is 49.5 Å². The number of carbonyl (C=O) groups excluding carboxylic acids is 8. The third-order valence-corrected chi connectivity index (χ3v) is 27.7. The molecule has 4 amide bonds. The summed E-state index contributed by atoms with van der Waals surface area (Å²) in [6.45, 7) is 2.70. The van der Waals surface area contributed by atoms with E-state index in [0.717, 1.165) is 157 Å². The van der Waals surface area contributed by atoms with Gasteiger partial charge in [0.05, 0.1) is 83.2 Å². The number of hydrogen-bond donors (Lipinski definition) is 4. The molecule has 143 heavy (non-hydrogen) atoms. The fraction of sp³-hybridized carbons (Fsp3) is 0.241. The summed E-state index contributed by atoms with van der Waals surface area (Å²) in [7, 11) is 0. The van der Waals surface area contributed by atoms with E-state index in [1.165, 1.54) is 48.5 Å². The Hall–Kier alpha value is -14.8. The Kier molecular flexibility index (Phi) is 28.4. The van der Waals surface area contributed by atoms with E-state index in [1.54, 1.807) is 95.7 Å². The van der Waals surface area contributed by atoms with E-state index in [4.69, 9.17) is 30.5 Å². The van der Waals surface area contributed by atoms with Gasteiger partial charge in [-0.3, -0.25) is 38.4 Å². The summed E-state index contributed by atoms with van der Waals surface area (Å²) in [6.07, 6.45) is -0.859. The molecule has 0 spiro atoms. The Labute approximate surface area is 821 Å². The maximum atomic E-state index is 14.4. The Bertz CT molecular complexity index is 7280. The van der Waals surface area contributed by atoms with E-state index in [0.29, 0.717) is 145 Å². The Morgan fingerprint density at radius 1 is 0.357 bits per heavy atom. The monoisotopic (exact) mass is 2050 g/mol. The van der Waals surface area contributed by atoms with Crippen molar-refractivity contribution >= 4 is 121 Å². The van der Waals surface area contributed by atoms with E-state index in [9.17, 15) is 95.4 Å². The number of alkyl halides is 12. The van der Waals surface area contributed by atoms with Crippen molar-refractivity contribution in [2.75, 3.05) is 0 Å². The molecule has 5 aliphatic rings. The van der Waals surface area contributed by atoms with Crippen LogP contribution in [0.15, 0.2) is 278 Å². The van der Waals surface area contributed by atoms with E-state index < -0.39 is 75.3 Å². The number of fused-ring (bicyclic) bond motifs is 4. The highest BCUT2D eigenvalue weighted by Gasteiger charge is 2.53. The van der Waals surface area contributed by atoms with Crippen molar-refractivity contribution in [2.45, 2.75) is 156 Å². The van der Waals surface area contributed by atoms with Crippen LogP contribution in [0.2, 0.25) is 5.02 Å². The number of rotatable bonds is 28. The first-order valence-electron chi connectivity index (χ1n) is 45.4. The Balaban J connectivity index is 0.000000131. The number of hydrogen-bond acceptors (Lipinski definition) is 12. The highest BCUT2D eigenvalue weighted by Crippen LogP contribution is 2.52. The number of para-hydroxylation sites is 2. The lowest BCUT2D eigenvalue weighted by molar-refractivity contribution is -0.138. The Morgan fingerprint density at radius 3 is 1.04 bits per heavy atom. The molecule has 0 radical (unpaired) electrons. The number of carbonyl (C=O) groups is 8. The first-order chi connectivity index (χ1) is 68.3. The number of benzene rings is 11. The molecule has 5 aliphatic carbocycles. The van der Waals surface area contributed by atoms with Crippen molar-refractivity contribution in [3.05, 3.63) is 372 Å². The molecule has 20 nitrogen and oxygen atoms in total. The van der Waals surface area contributed by atoms with Crippen LogP contribution in [0.25, 0.3) is 43.6 Å². The largest absolute Gasteiger partial charge is 0.465 e. The summed E-state index contributed by atoms with van der Waals surface area (Å²) in [4.78, 5) is 96.0. The highest BCUT2D eigenvalue weighted by atomic mass is 79.9. The van der Waals surface area contributed by atoms with E-state index >= 15 is 0 Å². The second-order valence-corrected chi connectivity index (χ2v) is 37.4. The number of nitrogens with zero attached hydrogens (tertiary/aromatic N) is 4. The van der Waals surface area contributed by atoms with Crippen LogP contribution in [0.1, 0.15) is 180 Å². The fourth-order valence-corrected chi connectivity index (χ4v) is 19.4. The molecule has 4 N–H and O–H groups in total. The topological polar surface area (TPSA) is 241 Å². The third-order valence-electron chi connectivity index (χ3n) is 26.8. The van der Waals surface area contributed by atoms with Crippen molar-refractivity contribution in [1.82, 2.24) is 39.5 Å². The van der Waals surface area contributed by atoms with Crippen molar-refractivity contribution in [3.8, 4) is 17.2 Å². The second-order valence-electron chi connectivity index (χ2n) is 36.1. The number of nitrogens with one attached hydrogen (secondary N) is 4. The highest BCUT2D eigenvalue weighted by molar-refractivity contribution is 9.10. The van der Waals surface area contributed by atoms with E-state index in [1.807, 2.05) is 93.0 Å². The van der Waals surface area contributed by atoms with Crippen LogP contribution in [0, 0.1) is 11.7 Å². The molecule has 15 aromatic rings. The van der Waals surface area contributed by atoms with Crippen molar-refractivity contribution in [2.24, 2.45) is 5.92 Å². The Morgan fingerprint density at radius 2 is 0.692 bits per heavy atom. The molecule has 4 aromatic heterocycles. The zero-order chi connectivity index (χ0) is 101. The van der Waals surface area contributed by atoms with Gasteiger partial charge in [-0.15, -0.1) is 0 Å². The number of aromatic nitrogens is 4. The molecule has 0 bridgehead atoms. The van der Waals surface area contributed by atoms with Crippen LogP contribution < -0.4 is 35.5 Å². The molecule has 35 heteroatoms.